The van der Waals surface area contributed by atoms with Gasteiger partial charge in [0.05, 0.1) is 12.8 Å². The van der Waals surface area contributed by atoms with E-state index in [1.54, 1.807) is 0 Å². The summed E-state index contributed by atoms with van der Waals surface area (Å²) in [5.41, 5.74) is 5.33. The number of methoxy groups -OCH3 is 1. The molecule has 0 atom stereocenters. The number of aromatic amines is 1. The van der Waals surface area contributed by atoms with E-state index in [1.165, 1.54) is 7.11 Å². The number of H-pyrrole nitrogens is 1. The largest absolute Gasteiger partial charge is 0.464 e. The van der Waals surface area contributed by atoms with Crippen molar-refractivity contribution in [1.82, 2.24) is 30.2 Å². The first kappa shape index (κ1) is 21.4. The summed E-state index contributed by atoms with van der Waals surface area (Å²) in [6, 6.07) is 16.2. The van der Waals surface area contributed by atoms with Crippen molar-refractivity contribution < 1.29 is 9.53 Å². The van der Waals surface area contributed by atoms with Crippen LogP contribution >= 0.6 is 0 Å². The minimum Gasteiger partial charge on any atom is -0.464 e. The number of aryl methyl sites for hydroxylation is 2. The van der Waals surface area contributed by atoms with E-state index in [9.17, 15) is 4.79 Å². The van der Waals surface area contributed by atoms with Gasteiger partial charge in [0.2, 0.25) is 5.82 Å². The average Bonchev–Trinajstić information content (AvgIpc) is 3.48. The van der Waals surface area contributed by atoms with Crippen LogP contribution in [0.15, 0.2) is 48.5 Å². The van der Waals surface area contributed by atoms with Gasteiger partial charge in [0.25, 0.3) is 0 Å². The molecule has 4 rings (SSSR count). The molecule has 0 saturated heterocycles. The van der Waals surface area contributed by atoms with Gasteiger partial charge in [-0.25, -0.2) is 9.78 Å². The van der Waals surface area contributed by atoms with Gasteiger partial charge in [-0.2, -0.15) is 5.21 Å². The fraction of sp³-hybridized carbons (Fsp3) is 0.292. The molecule has 2 aromatic heterocycles. The molecule has 0 saturated carbocycles. The maximum atomic E-state index is 12.6. The number of carbonyl (C=O) groups excluding carboxylic acids is 1. The number of hydrogen-bond donors (Lipinski definition) is 1. The Balaban J connectivity index is 1.76. The Bertz CT molecular complexity index is 1210. The third kappa shape index (κ3) is 4.16. The number of tetrazole rings is 1. The van der Waals surface area contributed by atoms with Gasteiger partial charge in [0.15, 0.2) is 5.69 Å². The minimum absolute atomic E-state index is 0.352. The third-order valence-electron chi connectivity index (χ3n) is 5.40. The summed E-state index contributed by atoms with van der Waals surface area (Å²) >= 11 is 0. The number of hydrogen-bond acceptors (Lipinski definition) is 6. The minimum atomic E-state index is -0.352. The standard InChI is InChI=1S/C24H26N6O2/c1-4-9-21-25-20(5-2)22(24(31)32-3)30(21)15-16-10-8-11-17(14-16)18-12-6-7-13-19(18)23-26-28-29-27-23/h6-8,10-14H,4-5,9,15H2,1-3H3,(H,26,27,28,29). The Hall–Kier alpha value is -3.81. The van der Waals surface area contributed by atoms with Crippen LogP contribution in [0.4, 0.5) is 0 Å². The first-order valence-corrected chi connectivity index (χ1v) is 10.7. The molecule has 8 nitrogen and oxygen atoms in total. The summed E-state index contributed by atoms with van der Waals surface area (Å²) in [5.74, 6) is 1.10. The molecule has 0 aliphatic rings. The van der Waals surface area contributed by atoms with Crippen LogP contribution in [0, 0.1) is 0 Å². The molecule has 4 aromatic rings. The second-order valence-corrected chi connectivity index (χ2v) is 7.49. The normalized spacial score (nSPS) is 11.0. The van der Waals surface area contributed by atoms with Gasteiger partial charge >= 0.3 is 5.97 Å². The van der Waals surface area contributed by atoms with Crippen LogP contribution in [0.2, 0.25) is 0 Å². The lowest BCUT2D eigenvalue weighted by atomic mass is 9.97. The molecular formula is C24H26N6O2. The van der Waals surface area contributed by atoms with E-state index in [0.29, 0.717) is 24.5 Å². The fourth-order valence-electron chi connectivity index (χ4n) is 3.94. The highest BCUT2D eigenvalue weighted by Crippen LogP contribution is 2.30. The number of rotatable bonds is 8. The van der Waals surface area contributed by atoms with E-state index in [-0.39, 0.29) is 5.97 Å². The highest BCUT2D eigenvalue weighted by atomic mass is 16.5. The molecule has 2 aromatic carbocycles. The zero-order valence-corrected chi connectivity index (χ0v) is 18.5. The van der Waals surface area contributed by atoms with Gasteiger partial charge in [-0.05, 0) is 40.8 Å². The van der Waals surface area contributed by atoms with Crippen LogP contribution in [-0.4, -0.2) is 43.3 Å². The van der Waals surface area contributed by atoms with E-state index in [4.69, 9.17) is 9.72 Å². The molecule has 164 valence electrons. The molecule has 0 fully saturated rings. The number of aromatic nitrogens is 6. The van der Waals surface area contributed by atoms with Gasteiger partial charge in [0, 0.05) is 18.5 Å². The van der Waals surface area contributed by atoms with Gasteiger partial charge < -0.3 is 9.30 Å². The van der Waals surface area contributed by atoms with Gasteiger partial charge in [-0.1, -0.05) is 56.3 Å². The Labute approximate surface area is 186 Å². The fourth-order valence-corrected chi connectivity index (χ4v) is 3.94. The van der Waals surface area contributed by atoms with Crippen LogP contribution in [0.3, 0.4) is 0 Å². The van der Waals surface area contributed by atoms with Crippen molar-refractivity contribution in [3.05, 3.63) is 71.3 Å². The second kappa shape index (κ2) is 9.55. The zero-order valence-electron chi connectivity index (χ0n) is 18.5. The topological polar surface area (TPSA) is 98.6 Å². The Morgan fingerprint density at radius 1 is 1.09 bits per heavy atom. The molecule has 0 spiro atoms. The molecule has 0 radical (unpaired) electrons. The number of carbonyl (C=O) groups is 1. The molecule has 0 unspecified atom stereocenters. The van der Waals surface area contributed by atoms with Gasteiger partial charge in [0.1, 0.15) is 5.82 Å². The summed E-state index contributed by atoms with van der Waals surface area (Å²) in [6.45, 7) is 4.65. The third-order valence-corrected chi connectivity index (χ3v) is 5.40. The summed E-state index contributed by atoms with van der Waals surface area (Å²) in [6.07, 6.45) is 2.41. The van der Waals surface area contributed by atoms with Crippen molar-refractivity contribution in [2.45, 2.75) is 39.7 Å². The second-order valence-electron chi connectivity index (χ2n) is 7.49. The van der Waals surface area contributed by atoms with Crippen LogP contribution < -0.4 is 0 Å². The van der Waals surface area contributed by atoms with Crippen LogP contribution in [-0.2, 0) is 24.1 Å². The highest BCUT2D eigenvalue weighted by Gasteiger charge is 2.22. The molecule has 1 N–H and O–H groups in total. The van der Waals surface area contributed by atoms with Crippen LogP contribution in [0.1, 0.15) is 47.8 Å². The molecule has 0 aliphatic heterocycles. The summed E-state index contributed by atoms with van der Waals surface area (Å²) in [5, 5.41) is 14.5. The number of esters is 1. The SMILES string of the molecule is CCCc1nc(CC)c(C(=O)OC)n1Cc1cccc(-c2ccccc2-c2nn[nH]n2)c1. The number of imidazole rings is 1. The van der Waals surface area contributed by atoms with Crippen molar-refractivity contribution in [1.29, 1.82) is 0 Å². The molecule has 0 aliphatic carbocycles. The van der Waals surface area contributed by atoms with Gasteiger partial charge in [-0.3, -0.25) is 0 Å². The number of benzene rings is 2. The Morgan fingerprint density at radius 2 is 1.91 bits per heavy atom. The molecule has 8 heteroatoms. The molecule has 32 heavy (non-hydrogen) atoms. The zero-order chi connectivity index (χ0) is 22.5. The number of nitrogens with one attached hydrogen (secondary N) is 1. The Morgan fingerprint density at radius 3 is 2.59 bits per heavy atom. The van der Waals surface area contributed by atoms with Crippen molar-refractivity contribution in [2.75, 3.05) is 7.11 Å². The molecule has 0 bridgehead atoms. The monoisotopic (exact) mass is 430 g/mol. The van der Waals surface area contributed by atoms with Crippen molar-refractivity contribution in [3.63, 3.8) is 0 Å². The lowest BCUT2D eigenvalue weighted by Gasteiger charge is -2.13. The lowest BCUT2D eigenvalue weighted by molar-refractivity contribution is 0.0587. The predicted molar refractivity (Wildman–Crippen MR) is 121 cm³/mol. The van der Waals surface area contributed by atoms with E-state index in [0.717, 1.165) is 46.6 Å². The predicted octanol–water partition coefficient (Wildman–Crippen LogP) is 4.08. The molecule has 0 amide bonds. The first-order valence-electron chi connectivity index (χ1n) is 10.7. The summed E-state index contributed by atoms with van der Waals surface area (Å²) in [7, 11) is 1.41. The first-order chi connectivity index (χ1) is 15.7. The maximum absolute atomic E-state index is 12.6. The van der Waals surface area contributed by atoms with E-state index in [2.05, 4.69) is 45.7 Å². The summed E-state index contributed by atoms with van der Waals surface area (Å²) in [4.78, 5) is 17.3. The molecular weight excluding hydrogens is 404 g/mol. The number of nitrogens with zero attached hydrogens (tertiary/aromatic N) is 5. The van der Waals surface area contributed by atoms with E-state index < -0.39 is 0 Å². The van der Waals surface area contributed by atoms with Crippen LogP contribution in [0.25, 0.3) is 22.5 Å². The maximum Gasteiger partial charge on any atom is 0.356 e. The van der Waals surface area contributed by atoms with Crippen molar-refractivity contribution in [3.8, 4) is 22.5 Å². The van der Waals surface area contributed by atoms with Crippen molar-refractivity contribution >= 4 is 5.97 Å². The smallest absolute Gasteiger partial charge is 0.356 e. The average molecular weight is 431 g/mol. The number of ether oxygens (including phenoxy) is 1. The van der Waals surface area contributed by atoms with E-state index >= 15 is 0 Å². The quantitative estimate of drug-likeness (QED) is 0.423. The highest BCUT2D eigenvalue weighted by molar-refractivity contribution is 5.89. The van der Waals surface area contributed by atoms with Crippen molar-refractivity contribution in [2.24, 2.45) is 0 Å². The Kier molecular flexibility index (Phi) is 6.39. The van der Waals surface area contributed by atoms with E-state index in [1.807, 2.05) is 41.8 Å². The molecule has 2 heterocycles. The summed E-state index contributed by atoms with van der Waals surface area (Å²) < 4.78 is 7.07. The van der Waals surface area contributed by atoms with Crippen LogP contribution in [0.5, 0.6) is 0 Å². The lowest BCUT2D eigenvalue weighted by Crippen LogP contribution is -2.15. The van der Waals surface area contributed by atoms with Gasteiger partial charge in [-0.15, -0.1) is 10.2 Å².